The molecule has 2 atom stereocenters. The van der Waals surface area contributed by atoms with Gasteiger partial charge in [0.1, 0.15) is 24.5 Å². The fourth-order valence-corrected chi connectivity index (χ4v) is 2.13. The summed E-state index contributed by atoms with van der Waals surface area (Å²) >= 11 is 0. The lowest BCUT2D eigenvalue weighted by molar-refractivity contribution is -0.139. The summed E-state index contributed by atoms with van der Waals surface area (Å²) in [6.07, 6.45) is 0.359. The standard InChI is InChI=1S/C15H21NO5/c1-16-14(15(17)18)8-11-3-2-4-12(7-11)21-10-13-9-19-5-6-20-13/h2-4,7,13-14,16H,5-6,8-10H2,1H3,(H,17,18)/t13-,14+/m1/s1. The molecule has 1 aromatic rings. The molecule has 1 aromatic carbocycles. The summed E-state index contributed by atoms with van der Waals surface area (Å²) in [7, 11) is 1.64. The van der Waals surface area contributed by atoms with Crippen molar-refractivity contribution in [3.63, 3.8) is 0 Å². The molecule has 1 saturated heterocycles. The lowest BCUT2D eigenvalue weighted by atomic mass is 10.1. The molecule has 116 valence electrons. The first-order valence-electron chi connectivity index (χ1n) is 7.00. The smallest absolute Gasteiger partial charge is 0.321 e. The molecule has 2 rings (SSSR count). The number of carboxylic acid groups (broad SMARTS) is 1. The van der Waals surface area contributed by atoms with E-state index >= 15 is 0 Å². The minimum atomic E-state index is -0.864. The van der Waals surface area contributed by atoms with Crippen LogP contribution in [0.25, 0.3) is 0 Å². The Balaban J connectivity index is 1.89. The van der Waals surface area contributed by atoms with Crippen molar-refractivity contribution in [1.29, 1.82) is 0 Å². The number of aliphatic carboxylic acids is 1. The third kappa shape index (κ3) is 5.00. The maximum absolute atomic E-state index is 11.0. The average molecular weight is 295 g/mol. The van der Waals surface area contributed by atoms with Crippen LogP contribution in [0.4, 0.5) is 0 Å². The van der Waals surface area contributed by atoms with Crippen molar-refractivity contribution < 1.29 is 24.1 Å². The van der Waals surface area contributed by atoms with Gasteiger partial charge in [-0.3, -0.25) is 4.79 Å². The van der Waals surface area contributed by atoms with Crippen LogP contribution in [0.1, 0.15) is 5.56 Å². The molecule has 6 heteroatoms. The highest BCUT2D eigenvalue weighted by Crippen LogP contribution is 2.16. The van der Waals surface area contributed by atoms with Crippen molar-refractivity contribution in [3.05, 3.63) is 29.8 Å². The molecule has 0 amide bonds. The van der Waals surface area contributed by atoms with Crippen molar-refractivity contribution >= 4 is 5.97 Å². The zero-order valence-electron chi connectivity index (χ0n) is 12.1. The Labute approximate surface area is 124 Å². The van der Waals surface area contributed by atoms with Crippen molar-refractivity contribution in [2.24, 2.45) is 0 Å². The van der Waals surface area contributed by atoms with E-state index in [4.69, 9.17) is 19.3 Å². The molecular formula is C15H21NO5. The third-order valence-corrected chi connectivity index (χ3v) is 3.31. The second kappa shape index (κ2) is 7.97. The van der Waals surface area contributed by atoms with Crippen molar-refractivity contribution in [2.75, 3.05) is 33.5 Å². The molecule has 1 aliphatic rings. The van der Waals surface area contributed by atoms with Gasteiger partial charge in [-0.2, -0.15) is 0 Å². The monoisotopic (exact) mass is 295 g/mol. The summed E-state index contributed by atoms with van der Waals surface area (Å²) in [5.74, 6) is -0.154. The molecule has 0 spiro atoms. The van der Waals surface area contributed by atoms with Crippen LogP contribution < -0.4 is 10.1 Å². The second-order valence-electron chi connectivity index (χ2n) is 4.91. The summed E-state index contributed by atoms with van der Waals surface area (Å²) in [5.41, 5.74) is 0.912. The number of likely N-dealkylation sites (N-methyl/N-ethyl adjacent to an activating group) is 1. The number of carbonyl (C=O) groups is 1. The van der Waals surface area contributed by atoms with E-state index in [-0.39, 0.29) is 6.10 Å². The fourth-order valence-electron chi connectivity index (χ4n) is 2.13. The molecule has 0 saturated carbocycles. The Morgan fingerprint density at radius 2 is 2.38 bits per heavy atom. The SMILES string of the molecule is CN[C@@H](Cc1cccc(OC[C@H]2COCCO2)c1)C(=O)O. The van der Waals surface area contributed by atoms with Crippen molar-refractivity contribution in [3.8, 4) is 5.75 Å². The largest absolute Gasteiger partial charge is 0.491 e. The Hall–Kier alpha value is -1.63. The van der Waals surface area contributed by atoms with Crippen LogP contribution >= 0.6 is 0 Å². The Kier molecular flexibility index (Phi) is 5.98. The van der Waals surface area contributed by atoms with Gasteiger partial charge in [0.05, 0.1) is 19.8 Å². The van der Waals surface area contributed by atoms with Crippen LogP contribution in [0.3, 0.4) is 0 Å². The molecule has 2 N–H and O–H groups in total. The predicted molar refractivity (Wildman–Crippen MR) is 76.7 cm³/mol. The molecule has 0 radical (unpaired) electrons. The molecular weight excluding hydrogens is 274 g/mol. The quantitative estimate of drug-likeness (QED) is 0.771. The van der Waals surface area contributed by atoms with Gasteiger partial charge in [0.25, 0.3) is 0 Å². The summed E-state index contributed by atoms with van der Waals surface area (Å²) < 4.78 is 16.5. The third-order valence-electron chi connectivity index (χ3n) is 3.31. The van der Waals surface area contributed by atoms with Gasteiger partial charge < -0.3 is 24.6 Å². The molecule has 21 heavy (non-hydrogen) atoms. The summed E-state index contributed by atoms with van der Waals surface area (Å²) in [6.45, 7) is 2.20. The van der Waals surface area contributed by atoms with Gasteiger partial charge in [-0.05, 0) is 31.2 Å². The average Bonchev–Trinajstić information content (AvgIpc) is 2.52. The first-order chi connectivity index (χ1) is 10.2. The molecule has 6 nitrogen and oxygen atoms in total. The van der Waals surface area contributed by atoms with E-state index in [2.05, 4.69) is 5.32 Å². The lowest BCUT2D eigenvalue weighted by Gasteiger charge is -2.23. The van der Waals surface area contributed by atoms with Crippen LogP contribution in [-0.2, 0) is 20.7 Å². The summed E-state index contributed by atoms with van der Waals surface area (Å²) in [4.78, 5) is 11.0. The van der Waals surface area contributed by atoms with E-state index in [9.17, 15) is 4.79 Å². The Morgan fingerprint density at radius 3 is 3.05 bits per heavy atom. The van der Waals surface area contributed by atoms with Gasteiger partial charge in [0.2, 0.25) is 0 Å². The van der Waals surface area contributed by atoms with Crippen LogP contribution in [0.5, 0.6) is 5.75 Å². The van der Waals surface area contributed by atoms with Crippen LogP contribution in [-0.4, -0.2) is 56.7 Å². The fraction of sp³-hybridized carbons (Fsp3) is 0.533. The molecule has 0 aliphatic carbocycles. The van der Waals surface area contributed by atoms with Gasteiger partial charge >= 0.3 is 5.97 Å². The number of nitrogens with one attached hydrogen (secondary N) is 1. The first-order valence-corrected chi connectivity index (χ1v) is 7.00. The van der Waals surface area contributed by atoms with Gasteiger partial charge in [0.15, 0.2) is 0 Å². The molecule has 1 heterocycles. The highest BCUT2D eigenvalue weighted by atomic mass is 16.6. The minimum Gasteiger partial charge on any atom is -0.491 e. The topological polar surface area (TPSA) is 77.0 Å². The Morgan fingerprint density at radius 1 is 1.52 bits per heavy atom. The predicted octanol–water partition coefficient (Wildman–Crippen LogP) is 0.696. The van der Waals surface area contributed by atoms with Gasteiger partial charge in [-0.15, -0.1) is 0 Å². The number of rotatable bonds is 7. The summed E-state index contributed by atoms with van der Waals surface area (Å²) in [6, 6.07) is 6.85. The first kappa shape index (κ1) is 15.8. The van der Waals surface area contributed by atoms with Crippen LogP contribution in [0, 0.1) is 0 Å². The maximum atomic E-state index is 11.0. The van der Waals surface area contributed by atoms with E-state index in [0.717, 1.165) is 5.56 Å². The molecule has 1 fully saturated rings. The molecule has 0 bridgehead atoms. The van der Waals surface area contributed by atoms with E-state index in [1.807, 2.05) is 24.3 Å². The van der Waals surface area contributed by atoms with Crippen LogP contribution in [0.2, 0.25) is 0 Å². The minimum absolute atomic E-state index is 0.0496. The van der Waals surface area contributed by atoms with Gasteiger partial charge in [-0.25, -0.2) is 0 Å². The number of hydrogen-bond donors (Lipinski definition) is 2. The number of carboxylic acids is 1. The van der Waals surface area contributed by atoms with Gasteiger partial charge in [-0.1, -0.05) is 12.1 Å². The number of hydrogen-bond acceptors (Lipinski definition) is 5. The van der Waals surface area contributed by atoms with Gasteiger partial charge in [0, 0.05) is 0 Å². The number of ether oxygens (including phenoxy) is 3. The highest BCUT2D eigenvalue weighted by molar-refractivity contribution is 5.73. The molecule has 0 aromatic heterocycles. The Bertz CT molecular complexity index is 459. The van der Waals surface area contributed by atoms with Crippen molar-refractivity contribution in [1.82, 2.24) is 5.32 Å². The zero-order valence-corrected chi connectivity index (χ0v) is 12.1. The van der Waals surface area contributed by atoms with E-state index in [1.54, 1.807) is 7.05 Å². The van der Waals surface area contributed by atoms with Crippen LogP contribution in [0.15, 0.2) is 24.3 Å². The lowest BCUT2D eigenvalue weighted by Crippen LogP contribution is -2.35. The second-order valence-corrected chi connectivity index (χ2v) is 4.91. The molecule has 1 aliphatic heterocycles. The maximum Gasteiger partial charge on any atom is 0.321 e. The van der Waals surface area contributed by atoms with E-state index in [0.29, 0.717) is 38.6 Å². The highest BCUT2D eigenvalue weighted by Gasteiger charge is 2.17. The zero-order chi connectivity index (χ0) is 15.1. The van der Waals surface area contributed by atoms with Crippen molar-refractivity contribution in [2.45, 2.75) is 18.6 Å². The number of benzene rings is 1. The van der Waals surface area contributed by atoms with E-state index < -0.39 is 12.0 Å². The molecule has 0 unspecified atom stereocenters. The summed E-state index contributed by atoms with van der Waals surface area (Å²) in [5, 5.41) is 11.8. The van der Waals surface area contributed by atoms with E-state index in [1.165, 1.54) is 0 Å². The normalized spacial score (nSPS) is 20.0.